The Kier molecular flexibility index (Phi) is 456. The van der Waals surface area contributed by atoms with Gasteiger partial charge in [0.1, 0.15) is 0 Å². The fourth-order valence-electron chi connectivity index (χ4n) is 0. The van der Waals surface area contributed by atoms with Crippen molar-refractivity contribution in [1.82, 2.24) is 0 Å². The van der Waals surface area contributed by atoms with Gasteiger partial charge in [0.2, 0.25) is 0 Å². The zero-order valence-corrected chi connectivity index (χ0v) is 5.08. The summed E-state index contributed by atoms with van der Waals surface area (Å²) in [5, 5.41) is 0. The summed E-state index contributed by atoms with van der Waals surface area (Å²) in [5.41, 5.74) is 0. The molecule has 0 aliphatic heterocycles. The summed E-state index contributed by atoms with van der Waals surface area (Å²) in [7, 11) is 0. The molecular formula is H3Cl3CrGa. The van der Waals surface area contributed by atoms with Gasteiger partial charge in [-0.05, 0) is 0 Å². The van der Waals surface area contributed by atoms with Crippen LogP contribution < -0.4 is 37.2 Å². The van der Waals surface area contributed by atoms with Gasteiger partial charge in [0, 0.05) is 0 Å². The first-order valence-corrected chi connectivity index (χ1v) is 0. The van der Waals surface area contributed by atoms with Gasteiger partial charge < -0.3 is 37.2 Å². The van der Waals surface area contributed by atoms with Crippen LogP contribution >= 0.6 is 0 Å². The van der Waals surface area contributed by atoms with Crippen molar-refractivity contribution in [1.29, 1.82) is 0 Å². The van der Waals surface area contributed by atoms with Crippen LogP contribution in [0.4, 0.5) is 0 Å². The van der Waals surface area contributed by atoms with Crippen LogP contribution in [0.2, 0.25) is 0 Å². The van der Waals surface area contributed by atoms with Gasteiger partial charge in [-0.15, -0.1) is 0 Å². The second-order valence-corrected chi connectivity index (χ2v) is 0. The Hall–Kier alpha value is 2.04. The van der Waals surface area contributed by atoms with Gasteiger partial charge in [-0.25, -0.2) is 0 Å². The van der Waals surface area contributed by atoms with E-state index < -0.39 is 0 Å². The fraction of sp³-hybridized carbons (Fsp3) is 0. The van der Waals surface area contributed by atoms with Crippen LogP contribution in [-0.4, -0.2) is 19.8 Å². The van der Waals surface area contributed by atoms with Crippen LogP contribution in [-0.2, 0) is 17.4 Å². The Labute approximate surface area is 73.9 Å². The molecule has 0 aliphatic rings. The van der Waals surface area contributed by atoms with Crippen molar-refractivity contribution in [2.24, 2.45) is 0 Å². The molecule has 0 aromatic carbocycles. The molecule has 1 radical (unpaired) electrons. The van der Waals surface area contributed by atoms with Crippen molar-refractivity contribution >= 4 is 19.8 Å². The first-order valence-electron chi connectivity index (χ1n) is 0. The number of hydrogen-bond donors (Lipinski definition) is 0. The average molecular weight is 231 g/mol. The predicted octanol–water partition coefficient (Wildman–Crippen LogP) is -10.2. The number of halogens is 3. The zero-order chi connectivity index (χ0) is 0. The van der Waals surface area contributed by atoms with Gasteiger partial charge >= 0.3 is 37.2 Å². The fourth-order valence-corrected chi connectivity index (χ4v) is 0. The summed E-state index contributed by atoms with van der Waals surface area (Å²) in [6.45, 7) is 0. The zero-order valence-electron chi connectivity index (χ0n) is 1.54. The molecule has 0 saturated carbocycles. The minimum absolute atomic E-state index is 0. The van der Waals surface area contributed by atoms with E-state index in [0.29, 0.717) is 0 Å². The molecule has 0 rings (SSSR count). The second-order valence-electron chi connectivity index (χ2n) is 0. The second kappa shape index (κ2) is 36.9. The molecule has 0 N–H and O–H groups in total. The topological polar surface area (TPSA) is 0 Å². The van der Waals surface area contributed by atoms with Crippen molar-refractivity contribution in [3.8, 4) is 0 Å². The normalized spacial score (nSPS) is 0. The molecule has 0 bridgehead atoms. The average Bonchev–Trinajstić information content (AvgIpc) is 0. The van der Waals surface area contributed by atoms with Gasteiger partial charge in [-0.3, -0.25) is 0 Å². The van der Waals surface area contributed by atoms with Gasteiger partial charge in [0.05, 0.1) is 0 Å². The van der Waals surface area contributed by atoms with Crippen molar-refractivity contribution in [2.45, 2.75) is 0 Å². The van der Waals surface area contributed by atoms with Crippen molar-refractivity contribution in [3.05, 3.63) is 0 Å². The van der Waals surface area contributed by atoms with Gasteiger partial charge in [0.15, 0.2) is 0 Å². The molecule has 0 fully saturated rings. The molecule has 0 unspecified atom stereocenters. The summed E-state index contributed by atoms with van der Waals surface area (Å²) in [5.74, 6) is 0. The number of rotatable bonds is 0. The maximum atomic E-state index is 0. The third-order valence-electron chi connectivity index (χ3n) is 0. The van der Waals surface area contributed by atoms with Crippen LogP contribution in [0.5, 0.6) is 0 Å². The van der Waals surface area contributed by atoms with E-state index in [9.17, 15) is 0 Å². The molecule has 5 heteroatoms. The van der Waals surface area contributed by atoms with Crippen LogP contribution in [0.25, 0.3) is 0 Å². The summed E-state index contributed by atoms with van der Waals surface area (Å²) < 4.78 is 0. The van der Waals surface area contributed by atoms with E-state index in [2.05, 4.69) is 0 Å². The van der Waals surface area contributed by atoms with Gasteiger partial charge in [-0.1, -0.05) is 0 Å². The Morgan fingerprint density at radius 1 is 0.600 bits per heavy atom. The molecule has 0 atom stereocenters. The van der Waals surface area contributed by atoms with Crippen LogP contribution in [0.1, 0.15) is 0 Å². The summed E-state index contributed by atoms with van der Waals surface area (Å²) in [6.07, 6.45) is 0. The standard InChI is InChI=1S/3ClH.Cr.Ga.3H/h3*1H;;;;;/q;;;+3;;;;/p-3. The van der Waals surface area contributed by atoms with Crippen LogP contribution in [0.3, 0.4) is 0 Å². The van der Waals surface area contributed by atoms with Crippen molar-refractivity contribution in [3.63, 3.8) is 0 Å². The monoisotopic (exact) mass is 229 g/mol. The molecule has 33 valence electrons. The van der Waals surface area contributed by atoms with E-state index in [1.807, 2.05) is 0 Å². The van der Waals surface area contributed by atoms with E-state index >= 15 is 0 Å². The van der Waals surface area contributed by atoms with Crippen LogP contribution in [0, 0.1) is 0 Å². The third kappa shape index (κ3) is 23.7. The van der Waals surface area contributed by atoms with E-state index in [4.69, 9.17) is 0 Å². The molecule has 0 aromatic rings. The third-order valence-corrected chi connectivity index (χ3v) is 0. The number of hydrogen-bond acceptors (Lipinski definition) is 0. The molecule has 0 heterocycles. The maximum absolute atomic E-state index is 0. The summed E-state index contributed by atoms with van der Waals surface area (Å²) in [4.78, 5) is 0. The molecule has 0 aromatic heterocycles. The minimum atomic E-state index is 0. The Bertz CT molecular complexity index is 6.85. The Morgan fingerprint density at radius 3 is 0.600 bits per heavy atom. The quantitative estimate of drug-likeness (QED) is 0.363. The summed E-state index contributed by atoms with van der Waals surface area (Å²) in [6, 6.07) is 0. The van der Waals surface area contributed by atoms with Crippen molar-refractivity contribution < 1.29 is 54.6 Å². The molecule has 5 heavy (non-hydrogen) atoms. The van der Waals surface area contributed by atoms with E-state index in [-0.39, 0.29) is 74.4 Å². The van der Waals surface area contributed by atoms with E-state index in [1.54, 1.807) is 0 Å². The van der Waals surface area contributed by atoms with Gasteiger partial charge in [0.25, 0.3) is 0 Å². The summed E-state index contributed by atoms with van der Waals surface area (Å²) >= 11 is 0. The molecule has 0 aliphatic carbocycles. The van der Waals surface area contributed by atoms with Crippen LogP contribution in [0.15, 0.2) is 0 Å². The Balaban J connectivity index is 0. The Morgan fingerprint density at radius 2 is 0.600 bits per heavy atom. The molecular weight excluding hydrogens is 228 g/mol. The first kappa shape index (κ1) is 61.8. The molecule has 0 nitrogen and oxygen atoms in total. The van der Waals surface area contributed by atoms with Gasteiger partial charge in [-0.2, -0.15) is 0 Å². The van der Waals surface area contributed by atoms with E-state index in [0.717, 1.165) is 0 Å². The molecule has 0 spiro atoms. The molecule has 0 amide bonds. The van der Waals surface area contributed by atoms with Crippen molar-refractivity contribution in [2.75, 3.05) is 0 Å². The first-order chi connectivity index (χ1) is 0. The molecule has 0 saturated heterocycles. The van der Waals surface area contributed by atoms with E-state index in [1.165, 1.54) is 0 Å². The SMILES string of the molecule is [Cl-].[Cl-].[Cl-].[Cr+3].[GaH3]. The predicted molar refractivity (Wildman–Crippen MR) is 9.94 cm³/mol.